The molecule has 0 aromatic carbocycles. The summed E-state index contributed by atoms with van der Waals surface area (Å²) in [6, 6.07) is 0. The standard InChI is InChI=1S/C12H22O2.C8H15NO.C6H10O3/c1-4-6-7-11(5-2)9-8-10(3)12(13)14;1(3-8-7-10-8)2-4-9-5-6-9;1-5(6(8)9)3-2-4-7/h11H,3-9H2,1-2H3,(H,13,14);8H,1-7H2;7H,1-4H2,(H,8,9). The lowest BCUT2D eigenvalue weighted by Crippen LogP contribution is -2.04. The molecule has 0 bridgehead atoms. The Bertz CT molecular complexity index is 555. The number of carbonyl (C=O) groups is 2. The van der Waals surface area contributed by atoms with Crippen LogP contribution in [0.5, 0.6) is 0 Å². The fourth-order valence-corrected chi connectivity index (χ4v) is 3.17. The second-order valence-electron chi connectivity index (χ2n) is 8.89. The normalized spacial score (nSPS) is 17.0. The van der Waals surface area contributed by atoms with Gasteiger partial charge >= 0.3 is 11.9 Å². The number of aliphatic hydroxyl groups excluding tert-OH is 1. The smallest absolute Gasteiger partial charge is 0.330 e. The second kappa shape index (κ2) is 19.7. The summed E-state index contributed by atoms with van der Waals surface area (Å²) in [6.07, 6.45) is 12.0. The number of epoxide rings is 1. The molecular weight excluding hydrogens is 422 g/mol. The minimum absolute atomic E-state index is 0.0201. The molecule has 2 rings (SSSR count). The van der Waals surface area contributed by atoms with Crippen LogP contribution in [0, 0.1) is 5.92 Å². The van der Waals surface area contributed by atoms with Gasteiger partial charge in [0.1, 0.15) is 0 Å². The van der Waals surface area contributed by atoms with Crippen molar-refractivity contribution < 1.29 is 29.6 Å². The first-order chi connectivity index (χ1) is 15.7. The van der Waals surface area contributed by atoms with Gasteiger partial charge in [0.2, 0.25) is 0 Å². The van der Waals surface area contributed by atoms with Crippen LogP contribution in [0.2, 0.25) is 0 Å². The van der Waals surface area contributed by atoms with Crippen molar-refractivity contribution in [3.63, 3.8) is 0 Å². The number of nitrogens with zero attached hydrogens (tertiary/aromatic N) is 1. The molecule has 0 aromatic rings. The lowest BCUT2D eigenvalue weighted by Gasteiger charge is -2.13. The first kappa shape index (κ1) is 31.3. The van der Waals surface area contributed by atoms with E-state index in [1.807, 2.05) is 0 Å². The van der Waals surface area contributed by atoms with Crippen molar-refractivity contribution in [2.45, 2.75) is 90.6 Å². The molecule has 2 unspecified atom stereocenters. The zero-order chi connectivity index (χ0) is 25.1. The number of carboxylic acid groups (broad SMARTS) is 2. The predicted octanol–water partition coefficient (Wildman–Crippen LogP) is 4.89. The number of aliphatic hydroxyl groups is 1. The minimum Gasteiger partial charge on any atom is -0.478 e. The Hall–Kier alpha value is -1.70. The molecule has 7 heteroatoms. The molecule has 2 atom stereocenters. The zero-order valence-electron chi connectivity index (χ0n) is 20.9. The summed E-state index contributed by atoms with van der Waals surface area (Å²) in [5.41, 5.74) is 0.504. The molecule has 0 spiro atoms. The van der Waals surface area contributed by atoms with Gasteiger partial charge in [0, 0.05) is 30.8 Å². The van der Waals surface area contributed by atoms with Gasteiger partial charge in [0.15, 0.2) is 0 Å². The largest absolute Gasteiger partial charge is 0.478 e. The molecule has 192 valence electrons. The van der Waals surface area contributed by atoms with Gasteiger partial charge in [-0.25, -0.2) is 9.59 Å². The number of unbranched alkanes of at least 4 members (excludes halogenated alkanes) is 2. The number of carboxylic acids is 2. The summed E-state index contributed by atoms with van der Waals surface area (Å²) in [4.78, 5) is 23.0. The third-order valence-electron chi connectivity index (χ3n) is 5.83. The van der Waals surface area contributed by atoms with Gasteiger partial charge in [-0.1, -0.05) is 52.7 Å². The van der Waals surface area contributed by atoms with Crippen LogP contribution in [0.15, 0.2) is 24.3 Å². The van der Waals surface area contributed by atoms with E-state index in [4.69, 9.17) is 20.1 Å². The van der Waals surface area contributed by atoms with Crippen molar-refractivity contribution in [1.29, 1.82) is 0 Å². The van der Waals surface area contributed by atoms with E-state index in [-0.39, 0.29) is 12.2 Å². The van der Waals surface area contributed by atoms with Crippen LogP contribution in [0.3, 0.4) is 0 Å². The molecule has 7 nitrogen and oxygen atoms in total. The monoisotopic (exact) mass is 469 g/mol. The molecule has 0 aliphatic carbocycles. The van der Waals surface area contributed by atoms with Gasteiger partial charge in [0.25, 0.3) is 0 Å². The van der Waals surface area contributed by atoms with Gasteiger partial charge in [-0.2, -0.15) is 0 Å². The van der Waals surface area contributed by atoms with Crippen LogP contribution in [0.1, 0.15) is 84.5 Å². The van der Waals surface area contributed by atoms with Crippen molar-refractivity contribution in [3.8, 4) is 0 Å². The molecule has 0 amide bonds. The predicted molar refractivity (Wildman–Crippen MR) is 132 cm³/mol. The highest BCUT2D eigenvalue weighted by Crippen LogP contribution is 2.20. The Balaban J connectivity index is 0.000000479. The third kappa shape index (κ3) is 20.6. The number of aliphatic carboxylic acids is 2. The Morgan fingerprint density at radius 1 is 0.970 bits per heavy atom. The van der Waals surface area contributed by atoms with Crippen molar-refractivity contribution in [2.24, 2.45) is 5.92 Å². The lowest BCUT2D eigenvalue weighted by atomic mass is 9.93. The van der Waals surface area contributed by atoms with Gasteiger partial charge in [0.05, 0.1) is 12.7 Å². The lowest BCUT2D eigenvalue weighted by molar-refractivity contribution is -0.133. The van der Waals surface area contributed by atoms with Crippen LogP contribution in [-0.4, -0.2) is 71.1 Å². The van der Waals surface area contributed by atoms with Crippen molar-refractivity contribution in [2.75, 3.05) is 32.8 Å². The topological polar surface area (TPSA) is 110 Å². The summed E-state index contributed by atoms with van der Waals surface area (Å²) in [7, 11) is 0. The molecule has 0 radical (unpaired) electrons. The highest BCUT2D eigenvalue weighted by molar-refractivity contribution is 5.85. The molecule has 3 N–H and O–H groups in total. The zero-order valence-corrected chi connectivity index (χ0v) is 20.9. The fourth-order valence-electron chi connectivity index (χ4n) is 3.17. The minimum atomic E-state index is -0.983. The van der Waals surface area contributed by atoms with Crippen LogP contribution in [0.4, 0.5) is 0 Å². The van der Waals surface area contributed by atoms with E-state index in [1.165, 1.54) is 58.2 Å². The first-order valence-corrected chi connectivity index (χ1v) is 12.5. The average molecular weight is 470 g/mol. The van der Waals surface area contributed by atoms with Gasteiger partial charge in [-0.3, -0.25) is 0 Å². The Labute approximate surface area is 200 Å². The molecule has 2 aliphatic rings. The molecule has 0 aromatic heterocycles. The summed E-state index contributed by atoms with van der Waals surface area (Å²) < 4.78 is 5.12. The van der Waals surface area contributed by atoms with E-state index in [0.717, 1.165) is 19.4 Å². The van der Waals surface area contributed by atoms with Crippen LogP contribution < -0.4 is 0 Å². The van der Waals surface area contributed by atoms with E-state index in [0.29, 0.717) is 36.9 Å². The summed E-state index contributed by atoms with van der Waals surface area (Å²) in [5, 5.41) is 25.1. The van der Waals surface area contributed by atoms with Gasteiger partial charge < -0.3 is 25.0 Å². The van der Waals surface area contributed by atoms with E-state index in [9.17, 15) is 9.59 Å². The fraction of sp³-hybridized carbons (Fsp3) is 0.769. The SMILES string of the molecule is C(CCN1CC1)CC1CO1.C=C(CCC(CC)CCCC)C(=O)O.C=C(CCCO)C(=O)O. The van der Waals surface area contributed by atoms with E-state index in [2.05, 4.69) is 31.9 Å². The molecule has 0 saturated carbocycles. The van der Waals surface area contributed by atoms with Crippen molar-refractivity contribution in [3.05, 3.63) is 24.3 Å². The van der Waals surface area contributed by atoms with E-state index in [1.54, 1.807) is 0 Å². The summed E-state index contributed by atoms with van der Waals surface area (Å²) in [6.45, 7) is 16.2. The number of ether oxygens (including phenoxy) is 1. The second-order valence-corrected chi connectivity index (χ2v) is 8.89. The van der Waals surface area contributed by atoms with E-state index >= 15 is 0 Å². The maximum atomic E-state index is 10.5. The average Bonchev–Trinajstić information content (AvgIpc) is 3.71. The maximum absolute atomic E-state index is 10.5. The van der Waals surface area contributed by atoms with Crippen LogP contribution in [-0.2, 0) is 14.3 Å². The number of rotatable bonds is 17. The Morgan fingerprint density at radius 3 is 2.03 bits per heavy atom. The maximum Gasteiger partial charge on any atom is 0.330 e. The summed E-state index contributed by atoms with van der Waals surface area (Å²) in [5.74, 6) is -1.16. The highest BCUT2D eigenvalue weighted by atomic mass is 16.6. The number of hydrogen-bond acceptors (Lipinski definition) is 5. The molecular formula is C26H47NO6. The number of hydrogen-bond donors (Lipinski definition) is 3. The third-order valence-corrected chi connectivity index (χ3v) is 5.83. The molecule has 2 aliphatic heterocycles. The Morgan fingerprint density at radius 2 is 1.58 bits per heavy atom. The van der Waals surface area contributed by atoms with Crippen molar-refractivity contribution in [1.82, 2.24) is 4.90 Å². The molecule has 2 saturated heterocycles. The molecule has 2 heterocycles. The Kier molecular flexibility index (Phi) is 18.7. The highest BCUT2D eigenvalue weighted by Gasteiger charge is 2.22. The van der Waals surface area contributed by atoms with E-state index < -0.39 is 11.9 Å². The molecule has 2 fully saturated rings. The van der Waals surface area contributed by atoms with Gasteiger partial charge in [-0.05, 0) is 57.4 Å². The van der Waals surface area contributed by atoms with Crippen molar-refractivity contribution >= 4 is 11.9 Å². The van der Waals surface area contributed by atoms with Crippen LogP contribution >= 0.6 is 0 Å². The van der Waals surface area contributed by atoms with Gasteiger partial charge in [-0.15, -0.1) is 0 Å². The first-order valence-electron chi connectivity index (χ1n) is 12.5. The quantitative estimate of drug-likeness (QED) is 0.158. The van der Waals surface area contributed by atoms with Crippen LogP contribution in [0.25, 0.3) is 0 Å². The molecule has 33 heavy (non-hydrogen) atoms. The summed E-state index contributed by atoms with van der Waals surface area (Å²) >= 11 is 0.